The third kappa shape index (κ3) is 13.2. The summed E-state index contributed by atoms with van der Waals surface area (Å²) in [5.74, 6) is -1.57. The summed E-state index contributed by atoms with van der Waals surface area (Å²) in [6.07, 6.45) is 3.85. The summed E-state index contributed by atoms with van der Waals surface area (Å²) in [5.41, 5.74) is 0.0427. The van der Waals surface area contributed by atoms with Gasteiger partial charge >= 0.3 is 20.1 Å². The monoisotopic (exact) mass is 722 g/mol. The number of carbonyl (C=O) groups excluding carboxylic acids is 2. The predicted octanol–water partition coefficient (Wildman–Crippen LogP) is 3.84. The minimum absolute atomic E-state index is 0.0193. The first-order valence-corrected chi connectivity index (χ1v) is 17.5. The maximum atomic E-state index is 12.1. The molecule has 0 spiro atoms. The molecule has 23 heteroatoms. The zero-order chi connectivity index (χ0) is 33.9. The van der Waals surface area contributed by atoms with Crippen molar-refractivity contribution in [2.24, 2.45) is 0 Å². The molecule has 0 saturated heterocycles. The number of carbonyl (C=O) groups is 2. The molecule has 2 heterocycles. The van der Waals surface area contributed by atoms with Crippen LogP contribution in [0.3, 0.4) is 0 Å². The number of thiazole rings is 2. The molecule has 2 aromatic carbocycles. The van der Waals surface area contributed by atoms with Gasteiger partial charge in [-0.1, -0.05) is 24.3 Å². The molecule has 0 aliphatic carbocycles. The number of rotatable bonds is 8. The predicted molar refractivity (Wildman–Crippen MR) is 164 cm³/mol. The van der Waals surface area contributed by atoms with Gasteiger partial charge in [-0.25, -0.2) is 18.4 Å². The second kappa shape index (κ2) is 15.8. The molecule has 0 aliphatic rings. The van der Waals surface area contributed by atoms with E-state index < -0.39 is 40.8 Å². The van der Waals surface area contributed by atoms with Crippen LogP contribution in [-0.4, -0.2) is 66.1 Å². The van der Waals surface area contributed by atoms with Gasteiger partial charge in [0.1, 0.15) is 18.1 Å². The smallest absolute Gasteiger partial charge is 0.345 e. The zero-order valence-corrected chi connectivity index (χ0v) is 26.5. The van der Waals surface area contributed by atoms with Gasteiger partial charge in [0.05, 0.1) is 33.5 Å². The molecule has 0 unspecified atom stereocenters. The first-order chi connectivity index (χ1) is 20.8. The lowest BCUT2D eigenvalue weighted by molar-refractivity contribution is -0.380. The molecule has 0 bridgehead atoms. The Balaban J connectivity index is 0.000000277. The highest BCUT2D eigenvalue weighted by molar-refractivity contribution is 8.13. The number of halogens is 1. The van der Waals surface area contributed by atoms with Crippen LogP contribution in [0.5, 0.6) is 11.5 Å². The van der Waals surface area contributed by atoms with Gasteiger partial charge in [0, 0.05) is 10.7 Å². The SMILES string of the molecule is CS(=O)(=O)Cl.CS(=O)(=O)Oc1ccccc1C(=O)Nc1ncc([N+](=O)[O-])s1.O=C(Nc1ncc([N+](=O)[O-])s1)c1ccccc1O. The summed E-state index contributed by atoms with van der Waals surface area (Å²) in [5, 5.41) is 34.9. The molecule has 0 atom stereocenters. The molecule has 2 aromatic heterocycles. The molecule has 18 nitrogen and oxygen atoms in total. The van der Waals surface area contributed by atoms with Crippen molar-refractivity contribution in [3.05, 3.63) is 92.3 Å². The fourth-order valence-electron chi connectivity index (χ4n) is 2.70. The summed E-state index contributed by atoms with van der Waals surface area (Å²) < 4.78 is 45.9. The molecular weight excluding hydrogens is 704 g/mol. The number of amides is 2. The number of aromatic nitrogens is 2. The van der Waals surface area contributed by atoms with Gasteiger partial charge in [0.15, 0.2) is 16.0 Å². The fourth-order valence-corrected chi connectivity index (χ4v) is 4.43. The molecule has 4 rings (SSSR count). The van der Waals surface area contributed by atoms with E-state index >= 15 is 0 Å². The first-order valence-electron chi connectivity index (χ1n) is 11.3. The number of para-hydroxylation sites is 2. The van der Waals surface area contributed by atoms with E-state index in [1.807, 2.05) is 0 Å². The molecule has 45 heavy (non-hydrogen) atoms. The molecule has 3 N–H and O–H groups in total. The van der Waals surface area contributed by atoms with Crippen molar-refractivity contribution in [2.45, 2.75) is 0 Å². The average Bonchev–Trinajstić information content (AvgIpc) is 3.58. The van der Waals surface area contributed by atoms with Gasteiger partial charge in [-0.05, 0) is 46.9 Å². The molecule has 2 amide bonds. The largest absolute Gasteiger partial charge is 0.507 e. The Morgan fingerprint density at radius 2 is 1.22 bits per heavy atom. The lowest BCUT2D eigenvalue weighted by Crippen LogP contribution is -2.15. The Kier molecular flexibility index (Phi) is 12.8. The summed E-state index contributed by atoms with van der Waals surface area (Å²) in [7, 11) is -2.49. The Labute approximate surface area is 266 Å². The average molecular weight is 723 g/mol. The highest BCUT2D eigenvalue weighted by Crippen LogP contribution is 2.28. The molecule has 0 radical (unpaired) electrons. The maximum Gasteiger partial charge on any atom is 0.345 e. The highest BCUT2D eigenvalue weighted by Gasteiger charge is 2.19. The lowest BCUT2D eigenvalue weighted by atomic mass is 10.2. The molecule has 0 fully saturated rings. The second-order valence-electron chi connectivity index (χ2n) is 7.91. The van der Waals surface area contributed by atoms with Gasteiger partial charge in [-0.15, -0.1) is 0 Å². The van der Waals surface area contributed by atoms with Gasteiger partial charge < -0.3 is 9.29 Å². The van der Waals surface area contributed by atoms with Crippen LogP contribution in [0.2, 0.25) is 0 Å². The summed E-state index contributed by atoms with van der Waals surface area (Å²) in [4.78, 5) is 51.0. The normalized spacial score (nSPS) is 10.6. The van der Waals surface area contributed by atoms with Crippen molar-refractivity contribution in [2.75, 3.05) is 23.1 Å². The highest BCUT2D eigenvalue weighted by atomic mass is 35.7. The third-order valence-corrected chi connectivity index (χ3v) is 6.52. The van der Waals surface area contributed by atoms with E-state index in [1.54, 1.807) is 12.1 Å². The molecule has 4 aromatic rings. The number of benzene rings is 2. The van der Waals surface area contributed by atoms with E-state index in [9.17, 15) is 51.8 Å². The van der Waals surface area contributed by atoms with Crippen LogP contribution in [-0.2, 0) is 19.2 Å². The molecule has 0 saturated carbocycles. The lowest BCUT2D eigenvalue weighted by Gasteiger charge is -2.08. The number of anilines is 2. The van der Waals surface area contributed by atoms with E-state index in [4.69, 9.17) is 4.18 Å². The third-order valence-electron chi connectivity index (χ3n) is 4.31. The zero-order valence-electron chi connectivity index (χ0n) is 22.5. The number of nitrogens with zero attached hydrogens (tertiary/aromatic N) is 4. The number of hydrogen-bond donors (Lipinski definition) is 3. The van der Waals surface area contributed by atoms with Crippen LogP contribution in [0, 0.1) is 20.2 Å². The standard InChI is InChI=1S/C11H9N3O6S2.C10H7N3O4S.CH3ClO2S/c1-22(18,19)20-8-5-3-2-4-7(8)10(15)13-11-12-6-9(21-11)14(16)17;14-7-4-2-1-3-6(7)9(15)12-10-11-5-8(18-10)13(16)17;1-5(2,3)4/h2-6H,1H3,(H,12,13,15);1-5,14H,(H,11,12,15);1H3. The van der Waals surface area contributed by atoms with Crippen molar-refractivity contribution >= 4 is 84.6 Å². The van der Waals surface area contributed by atoms with E-state index in [0.717, 1.165) is 36.2 Å². The minimum atomic E-state index is -3.80. The number of phenols is 1. The van der Waals surface area contributed by atoms with Crippen LogP contribution >= 0.6 is 33.4 Å². The van der Waals surface area contributed by atoms with Crippen molar-refractivity contribution in [3.63, 3.8) is 0 Å². The van der Waals surface area contributed by atoms with E-state index in [2.05, 4.69) is 31.3 Å². The minimum Gasteiger partial charge on any atom is -0.507 e. The van der Waals surface area contributed by atoms with E-state index in [0.29, 0.717) is 11.3 Å². The molecule has 0 aliphatic heterocycles. The van der Waals surface area contributed by atoms with Crippen LogP contribution in [0.1, 0.15) is 20.7 Å². The Bertz CT molecular complexity index is 1920. The maximum absolute atomic E-state index is 12.1. The van der Waals surface area contributed by atoms with Crippen molar-refractivity contribution < 1.29 is 45.6 Å². The number of nitro groups is 2. The molecular formula is C22H19ClN6O12S4. The topological polar surface area (TPSA) is 268 Å². The Morgan fingerprint density at radius 3 is 1.62 bits per heavy atom. The number of hydrogen-bond acceptors (Lipinski definition) is 16. The second-order valence-corrected chi connectivity index (χ2v) is 14.6. The van der Waals surface area contributed by atoms with Crippen LogP contribution < -0.4 is 14.8 Å². The van der Waals surface area contributed by atoms with Crippen molar-refractivity contribution in [3.8, 4) is 11.5 Å². The molecule has 240 valence electrons. The van der Waals surface area contributed by atoms with Gasteiger partial charge in [0.2, 0.25) is 9.05 Å². The fraction of sp³-hybridized carbons (Fsp3) is 0.0909. The summed E-state index contributed by atoms with van der Waals surface area (Å²) in [6.45, 7) is 0. The quantitative estimate of drug-likeness (QED) is 0.101. The van der Waals surface area contributed by atoms with Crippen LogP contribution in [0.25, 0.3) is 0 Å². The summed E-state index contributed by atoms with van der Waals surface area (Å²) in [6, 6.07) is 11.7. The van der Waals surface area contributed by atoms with E-state index in [1.165, 1.54) is 36.4 Å². The van der Waals surface area contributed by atoms with Gasteiger partial charge in [-0.3, -0.25) is 40.5 Å². The van der Waals surface area contributed by atoms with Crippen molar-refractivity contribution in [1.82, 2.24) is 9.97 Å². The number of nitrogens with one attached hydrogen (secondary N) is 2. The first kappa shape index (κ1) is 36.4. The summed E-state index contributed by atoms with van der Waals surface area (Å²) >= 11 is 1.43. The van der Waals surface area contributed by atoms with E-state index in [-0.39, 0.29) is 42.9 Å². The number of aromatic hydroxyl groups is 1. The Morgan fingerprint density at radius 1 is 0.822 bits per heavy atom. The van der Waals surface area contributed by atoms with Gasteiger partial charge in [0.25, 0.3) is 11.8 Å². The van der Waals surface area contributed by atoms with Crippen LogP contribution in [0.4, 0.5) is 20.3 Å². The number of phenolic OH excluding ortho intramolecular Hbond substituents is 1. The van der Waals surface area contributed by atoms with Crippen LogP contribution in [0.15, 0.2) is 60.9 Å². The Hall–Kier alpha value is -4.77. The van der Waals surface area contributed by atoms with Crippen molar-refractivity contribution in [1.29, 1.82) is 0 Å². The van der Waals surface area contributed by atoms with Gasteiger partial charge in [-0.2, -0.15) is 8.42 Å².